The van der Waals surface area contributed by atoms with Gasteiger partial charge in [0, 0.05) is 18.8 Å². The third kappa shape index (κ3) is 7.45. The Labute approximate surface area is 215 Å². The fourth-order valence-corrected chi connectivity index (χ4v) is 3.82. The molecule has 0 bridgehead atoms. The van der Waals surface area contributed by atoms with Gasteiger partial charge in [0.15, 0.2) is 5.13 Å². The Hall–Kier alpha value is -4.08. The maximum atomic E-state index is 12.8. The second-order valence-electron chi connectivity index (χ2n) is 8.22. The van der Waals surface area contributed by atoms with Crippen LogP contribution in [0.25, 0.3) is 16.0 Å². The number of aromatic nitrogens is 2. The summed E-state index contributed by atoms with van der Waals surface area (Å²) in [5.74, 6) is -1.49. The number of alkyl halides is 3. The average Bonchev–Trinajstić information content (AvgIpc) is 3.33. The molecule has 0 spiro atoms. The number of likely N-dealkylation sites (N-methyl/N-ethyl adjacent to an activating group) is 1. The van der Waals surface area contributed by atoms with E-state index in [2.05, 4.69) is 25.4 Å². The zero-order valence-corrected chi connectivity index (χ0v) is 20.9. The van der Waals surface area contributed by atoms with Crippen molar-refractivity contribution in [2.75, 3.05) is 31.3 Å². The van der Waals surface area contributed by atoms with Gasteiger partial charge in [0.2, 0.25) is 17.5 Å². The lowest BCUT2D eigenvalue weighted by Crippen LogP contribution is -2.18. The molecule has 0 unspecified atom stereocenters. The van der Waals surface area contributed by atoms with Crippen molar-refractivity contribution in [2.45, 2.75) is 19.0 Å². The SMILES string of the molecule is [C-]#[N+]c1cc(-c2cccc([C@H](C)C(=O)Nc3ncc(C(F)(F)F)s3)c2)cnc1NC(=O)/C=C/CN(C)C. The highest BCUT2D eigenvalue weighted by atomic mass is 32.1. The van der Waals surface area contributed by atoms with Crippen molar-refractivity contribution < 1.29 is 22.8 Å². The maximum absolute atomic E-state index is 12.8. The van der Waals surface area contributed by atoms with Crippen LogP contribution in [0.15, 0.2) is 54.9 Å². The Morgan fingerprint density at radius 1 is 1.16 bits per heavy atom. The van der Waals surface area contributed by atoms with Gasteiger partial charge in [0.25, 0.3) is 0 Å². The van der Waals surface area contributed by atoms with E-state index < -0.39 is 28.8 Å². The summed E-state index contributed by atoms with van der Waals surface area (Å²) in [4.78, 5) is 37.1. The molecule has 8 nitrogen and oxygen atoms in total. The molecule has 0 fully saturated rings. The van der Waals surface area contributed by atoms with Crippen LogP contribution < -0.4 is 10.6 Å². The number of rotatable bonds is 8. The number of carbonyl (C=O) groups is 2. The largest absolute Gasteiger partial charge is 0.427 e. The van der Waals surface area contributed by atoms with E-state index in [1.807, 2.05) is 19.0 Å². The molecule has 0 aliphatic rings. The van der Waals surface area contributed by atoms with Crippen LogP contribution in [0.3, 0.4) is 0 Å². The van der Waals surface area contributed by atoms with Gasteiger partial charge in [-0.25, -0.2) is 9.83 Å². The third-order valence-corrected chi connectivity index (χ3v) is 6.06. The van der Waals surface area contributed by atoms with E-state index in [1.165, 1.54) is 12.3 Å². The minimum atomic E-state index is -4.53. The van der Waals surface area contributed by atoms with Crippen LogP contribution in [0, 0.1) is 6.57 Å². The monoisotopic (exact) mass is 528 g/mol. The quantitative estimate of drug-likeness (QED) is 0.295. The molecule has 12 heteroatoms. The number of carbonyl (C=O) groups excluding carboxylic acids is 2. The topological polar surface area (TPSA) is 91.6 Å². The van der Waals surface area contributed by atoms with E-state index in [0.717, 1.165) is 0 Å². The van der Waals surface area contributed by atoms with Crippen molar-refractivity contribution in [1.82, 2.24) is 14.9 Å². The van der Waals surface area contributed by atoms with E-state index in [4.69, 9.17) is 6.57 Å². The first-order valence-electron chi connectivity index (χ1n) is 10.9. The number of nitrogens with one attached hydrogen (secondary N) is 2. The molecule has 0 saturated carbocycles. The fraction of sp³-hybridized carbons (Fsp3) is 0.240. The van der Waals surface area contributed by atoms with E-state index in [9.17, 15) is 22.8 Å². The standard InChI is InChI=1S/C25H23F3N6O2S/c1-15(23(36)33-24-31-14-20(37-24)25(26,27)28)16-7-5-8-17(11-16)18-12-19(29-2)22(30-13-18)32-21(35)9-6-10-34(3)4/h5-9,11-15H,10H2,1,3-4H3,(H,30,32,35)(H,31,33,36)/b9-6+/t15-/m0/s1. The molecule has 3 aromatic rings. The second-order valence-corrected chi connectivity index (χ2v) is 9.25. The van der Waals surface area contributed by atoms with Crippen molar-refractivity contribution in [1.29, 1.82) is 0 Å². The first-order chi connectivity index (χ1) is 17.5. The Kier molecular flexibility index (Phi) is 8.75. The van der Waals surface area contributed by atoms with Crippen LogP contribution in [-0.4, -0.2) is 47.3 Å². The summed E-state index contributed by atoms with van der Waals surface area (Å²) in [6, 6.07) is 8.53. The summed E-state index contributed by atoms with van der Waals surface area (Å²) >= 11 is 0.355. The van der Waals surface area contributed by atoms with Gasteiger partial charge in [0.1, 0.15) is 10.7 Å². The predicted octanol–water partition coefficient (Wildman–Crippen LogP) is 5.57. The number of benzene rings is 1. The molecule has 2 aromatic heterocycles. The van der Waals surface area contributed by atoms with Crippen molar-refractivity contribution >= 4 is 39.8 Å². The molecule has 2 N–H and O–H groups in total. The van der Waals surface area contributed by atoms with Crippen LogP contribution in [0.2, 0.25) is 0 Å². The van der Waals surface area contributed by atoms with Gasteiger partial charge in [0.05, 0.1) is 18.7 Å². The third-order valence-electron chi connectivity index (χ3n) is 5.10. The second kappa shape index (κ2) is 11.8. The van der Waals surface area contributed by atoms with Crippen molar-refractivity contribution in [3.63, 3.8) is 0 Å². The van der Waals surface area contributed by atoms with Gasteiger partial charge in [-0.2, -0.15) is 13.2 Å². The summed E-state index contributed by atoms with van der Waals surface area (Å²) in [6.45, 7) is 9.68. The molecule has 37 heavy (non-hydrogen) atoms. The maximum Gasteiger partial charge on any atom is 0.427 e. The first-order valence-corrected chi connectivity index (χ1v) is 11.7. The molecule has 2 heterocycles. The van der Waals surface area contributed by atoms with Crippen LogP contribution in [0.4, 0.5) is 29.8 Å². The Balaban J connectivity index is 1.75. The van der Waals surface area contributed by atoms with Gasteiger partial charge < -0.3 is 15.5 Å². The molecular formula is C25H23F3N6O2S. The lowest BCUT2D eigenvalue weighted by Gasteiger charge is -2.13. The van der Waals surface area contributed by atoms with Crippen LogP contribution >= 0.6 is 11.3 Å². The Morgan fingerprint density at radius 3 is 2.57 bits per heavy atom. The lowest BCUT2D eigenvalue weighted by atomic mass is 9.96. The van der Waals surface area contributed by atoms with E-state index >= 15 is 0 Å². The number of hydrogen-bond acceptors (Lipinski definition) is 6. The van der Waals surface area contributed by atoms with Crippen LogP contribution in [-0.2, 0) is 15.8 Å². The molecule has 3 rings (SSSR count). The summed E-state index contributed by atoms with van der Waals surface area (Å²) in [5.41, 5.74) is 2.02. The van der Waals surface area contributed by atoms with E-state index in [-0.39, 0.29) is 16.6 Å². The summed E-state index contributed by atoms with van der Waals surface area (Å²) in [7, 11) is 3.74. The summed E-state index contributed by atoms with van der Waals surface area (Å²) in [5, 5.41) is 4.88. The normalized spacial score (nSPS) is 12.4. The average molecular weight is 529 g/mol. The van der Waals surface area contributed by atoms with Crippen molar-refractivity contribution in [3.8, 4) is 11.1 Å². The summed E-state index contributed by atoms with van der Waals surface area (Å²) in [6.07, 6.45) is 0.716. The van der Waals surface area contributed by atoms with Gasteiger partial charge in [-0.3, -0.25) is 14.6 Å². The predicted molar refractivity (Wildman–Crippen MR) is 136 cm³/mol. The lowest BCUT2D eigenvalue weighted by molar-refractivity contribution is -0.134. The molecule has 0 aliphatic carbocycles. The number of amides is 2. The zero-order chi connectivity index (χ0) is 27.2. The highest BCUT2D eigenvalue weighted by molar-refractivity contribution is 7.15. The smallest absolute Gasteiger partial charge is 0.316 e. The van der Waals surface area contributed by atoms with Gasteiger partial charge in [-0.05, 0) is 43.8 Å². The number of halogens is 3. The molecule has 0 radical (unpaired) electrons. The highest BCUT2D eigenvalue weighted by Crippen LogP contribution is 2.35. The zero-order valence-electron chi connectivity index (χ0n) is 20.1. The van der Waals surface area contributed by atoms with Gasteiger partial charge >= 0.3 is 6.18 Å². The molecule has 2 amide bonds. The molecule has 0 saturated heterocycles. The molecule has 192 valence electrons. The molecular weight excluding hydrogens is 505 g/mol. The minimum Gasteiger partial charge on any atom is -0.316 e. The van der Waals surface area contributed by atoms with Crippen molar-refractivity contribution in [3.05, 3.63) is 76.7 Å². The molecule has 1 atom stereocenters. The Morgan fingerprint density at radius 2 is 1.92 bits per heavy atom. The number of pyridine rings is 1. The highest BCUT2D eigenvalue weighted by Gasteiger charge is 2.33. The number of anilines is 2. The van der Waals surface area contributed by atoms with Crippen LogP contribution in [0.5, 0.6) is 0 Å². The van der Waals surface area contributed by atoms with Crippen LogP contribution in [0.1, 0.15) is 23.3 Å². The fourth-order valence-electron chi connectivity index (χ4n) is 3.14. The van der Waals surface area contributed by atoms with E-state index in [1.54, 1.807) is 43.3 Å². The van der Waals surface area contributed by atoms with Crippen molar-refractivity contribution in [2.24, 2.45) is 0 Å². The molecule has 0 aliphatic heterocycles. The van der Waals surface area contributed by atoms with E-state index in [0.29, 0.717) is 40.8 Å². The number of nitrogens with zero attached hydrogens (tertiary/aromatic N) is 4. The Bertz CT molecular complexity index is 1360. The molecule has 1 aromatic carbocycles. The number of thiazole rings is 1. The van der Waals surface area contributed by atoms with Gasteiger partial charge in [-0.1, -0.05) is 41.7 Å². The number of hydrogen-bond donors (Lipinski definition) is 2. The summed E-state index contributed by atoms with van der Waals surface area (Å²) < 4.78 is 38.4. The minimum absolute atomic E-state index is 0.129. The first kappa shape index (κ1) is 27.5. The van der Waals surface area contributed by atoms with Gasteiger partial charge in [-0.15, -0.1) is 0 Å².